The van der Waals surface area contributed by atoms with Crippen molar-refractivity contribution in [3.05, 3.63) is 23.0 Å². The molecule has 3 nitrogen and oxygen atoms in total. The predicted octanol–water partition coefficient (Wildman–Crippen LogP) is 3.42. The highest BCUT2D eigenvalue weighted by atomic mass is 14.9. The zero-order valence-corrected chi connectivity index (χ0v) is 11.5. The van der Waals surface area contributed by atoms with Crippen molar-refractivity contribution in [1.29, 1.82) is 5.26 Å². The van der Waals surface area contributed by atoms with Crippen molar-refractivity contribution in [2.45, 2.75) is 40.0 Å². The number of nitrogens with zero attached hydrogens (tertiary/aromatic N) is 2. The van der Waals surface area contributed by atoms with Gasteiger partial charge in [-0.2, -0.15) is 5.26 Å². The van der Waals surface area contributed by atoms with Crippen molar-refractivity contribution < 1.29 is 0 Å². The molecule has 0 radical (unpaired) electrons. The van der Waals surface area contributed by atoms with E-state index in [1.807, 2.05) is 19.9 Å². The quantitative estimate of drug-likeness (QED) is 0.885. The molecule has 1 aromatic rings. The van der Waals surface area contributed by atoms with Crippen molar-refractivity contribution in [1.82, 2.24) is 4.98 Å². The van der Waals surface area contributed by atoms with Crippen LogP contribution in [0.4, 0.5) is 5.69 Å². The van der Waals surface area contributed by atoms with Gasteiger partial charge in [0.15, 0.2) is 0 Å². The largest absolute Gasteiger partial charge is 0.384 e. The maximum atomic E-state index is 9.20. The number of rotatable bonds is 3. The van der Waals surface area contributed by atoms with E-state index in [-0.39, 0.29) is 0 Å². The van der Waals surface area contributed by atoms with Crippen LogP contribution in [0.3, 0.4) is 0 Å². The van der Waals surface area contributed by atoms with E-state index in [4.69, 9.17) is 0 Å². The molecule has 1 aliphatic rings. The first-order valence-corrected chi connectivity index (χ1v) is 6.74. The lowest BCUT2D eigenvalue weighted by Gasteiger charge is -2.18. The average Bonchev–Trinajstić information content (AvgIpc) is 2.71. The van der Waals surface area contributed by atoms with Crippen molar-refractivity contribution in [2.24, 2.45) is 11.8 Å². The van der Waals surface area contributed by atoms with Gasteiger partial charge in [-0.1, -0.05) is 19.8 Å². The predicted molar refractivity (Wildman–Crippen MR) is 73.4 cm³/mol. The minimum Gasteiger partial charge on any atom is -0.384 e. The second kappa shape index (κ2) is 5.39. The third kappa shape index (κ3) is 2.64. The van der Waals surface area contributed by atoms with Crippen molar-refractivity contribution in [3.63, 3.8) is 0 Å². The van der Waals surface area contributed by atoms with E-state index in [0.717, 1.165) is 35.5 Å². The molecule has 0 aromatic carbocycles. The van der Waals surface area contributed by atoms with Crippen LogP contribution in [0.2, 0.25) is 0 Å². The number of nitriles is 1. The van der Waals surface area contributed by atoms with Crippen molar-refractivity contribution in [2.75, 3.05) is 11.9 Å². The van der Waals surface area contributed by atoms with Gasteiger partial charge in [-0.25, -0.2) is 0 Å². The molecule has 0 bridgehead atoms. The molecule has 0 saturated heterocycles. The van der Waals surface area contributed by atoms with Crippen LogP contribution in [0.25, 0.3) is 0 Å². The fraction of sp³-hybridized carbons (Fsp3) is 0.600. The molecule has 96 valence electrons. The Morgan fingerprint density at radius 1 is 1.44 bits per heavy atom. The second-order valence-electron chi connectivity index (χ2n) is 5.43. The topological polar surface area (TPSA) is 48.7 Å². The van der Waals surface area contributed by atoms with Gasteiger partial charge in [0.2, 0.25) is 0 Å². The summed E-state index contributed by atoms with van der Waals surface area (Å²) in [6.07, 6.45) is 3.98. The van der Waals surface area contributed by atoms with E-state index in [9.17, 15) is 5.26 Å². The van der Waals surface area contributed by atoms with Gasteiger partial charge >= 0.3 is 0 Å². The van der Waals surface area contributed by atoms with E-state index in [0.29, 0.717) is 5.56 Å². The molecule has 2 rings (SSSR count). The van der Waals surface area contributed by atoms with Gasteiger partial charge in [0.05, 0.1) is 16.9 Å². The van der Waals surface area contributed by atoms with Crippen LogP contribution in [0, 0.1) is 37.0 Å². The Bertz CT molecular complexity index is 473. The van der Waals surface area contributed by atoms with Gasteiger partial charge in [0.1, 0.15) is 6.07 Å². The zero-order chi connectivity index (χ0) is 13.1. The summed E-state index contributed by atoms with van der Waals surface area (Å²) in [5.41, 5.74) is 3.42. The lowest BCUT2D eigenvalue weighted by atomic mass is 9.98. The number of hydrogen-bond acceptors (Lipinski definition) is 3. The number of aryl methyl sites for hydroxylation is 2. The summed E-state index contributed by atoms with van der Waals surface area (Å²) in [6, 6.07) is 4.23. The fourth-order valence-corrected chi connectivity index (χ4v) is 2.88. The second-order valence-corrected chi connectivity index (χ2v) is 5.43. The molecular formula is C15H21N3. The number of pyridine rings is 1. The molecule has 0 aliphatic heterocycles. The number of anilines is 1. The smallest absolute Gasteiger partial charge is 0.103 e. The summed E-state index contributed by atoms with van der Waals surface area (Å²) >= 11 is 0. The number of hydrogen-bond donors (Lipinski definition) is 1. The highest BCUT2D eigenvalue weighted by molar-refractivity contribution is 5.59. The molecule has 1 aliphatic carbocycles. The summed E-state index contributed by atoms with van der Waals surface area (Å²) in [5, 5.41) is 12.7. The van der Waals surface area contributed by atoms with E-state index in [1.54, 1.807) is 0 Å². The Labute approximate surface area is 109 Å². The first-order chi connectivity index (χ1) is 8.61. The van der Waals surface area contributed by atoms with E-state index >= 15 is 0 Å². The molecule has 0 spiro atoms. The Balaban J connectivity index is 2.11. The molecule has 1 aromatic heterocycles. The van der Waals surface area contributed by atoms with Gasteiger partial charge in [0.25, 0.3) is 0 Å². The first-order valence-electron chi connectivity index (χ1n) is 6.74. The molecule has 18 heavy (non-hydrogen) atoms. The summed E-state index contributed by atoms with van der Waals surface area (Å²) < 4.78 is 0. The summed E-state index contributed by atoms with van der Waals surface area (Å²) in [5.74, 6) is 1.54. The third-order valence-corrected chi connectivity index (χ3v) is 4.03. The Morgan fingerprint density at radius 2 is 2.22 bits per heavy atom. The molecule has 1 heterocycles. The van der Waals surface area contributed by atoms with E-state index in [2.05, 4.69) is 23.3 Å². The van der Waals surface area contributed by atoms with Gasteiger partial charge in [-0.05, 0) is 38.2 Å². The van der Waals surface area contributed by atoms with Crippen LogP contribution in [0.5, 0.6) is 0 Å². The number of aromatic nitrogens is 1. The average molecular weight is 243 g/mol. The number of nitrogens with one attached hydrogen (secondary N) is 1. The molecule has 1 N–H and O–H groups in total. The minimum absolute atomic E-state index is 0.686. The highest BCUT2D eigenvalue weighted by Gasteiger charge is 2.23. The molecule has 2 atom stereocenters. The van der Waals surface area contributed by atoms with Crippen molar-refractivity contribution >= 4 is 5.69 Å². The summed E-state index contributed by atoms with van der Waals surface area (Å²) in [7, 11) is 0. The lowest BCUT2D eigenvalue weighted by molar-refractivity contribution is 0.439. The molecule has 0 amide bonds. The van der Waals surface area contributed by atoms with Crippen molar-refractivity contribution in [3.8, 4) is 6.07 Å². The third-order valence-electron chi connectivity index (χ3n) is 4.03. The van der Waals surface area contributed by atoms with Crippen LogP contribution in [-0.4, -0.2) is 11.5 Å². The zero-order valence-electron chi connectivity index (χ0n) is 11.5. The van der Waals surface area contributed by atoms with Crippen LogP contribution >= 0.6 is 0 Å². The maximum absolute atomic E-state index is 9.20. The normalized spacial score (nSPS) is 22.8. The van der Waals surface area contributed by atoms with E-state index < -0.39 is 0 Å². The molecule has 2 unspecified atom stereocenters. The van der Waals surface area contributed by atoms with Crippen LogP contribution in [0.1, 0.15) is 43.1 Å². The van der Waals surface area contributed by atoms with E-state index in [1.165, 1.54) is 19.3 Å². The van der Waals surface area contributed by atoms with Gasteiger partial charge in [-0.3, -0.25) is 4.98 Å². The van der Waals surface area contributed by atoms with Gasteiger partial charge in [-0.15, -0.1) is 0 Å². The standard InChI is InChI=1S/C15H21N3/c1-10-5-4-6-13(10)9-17-15-7-11(2)18-12(3)14(15)8-16/h7,10,13H,4-6,9H2,1-3H3,(H,17,18). The molecule has 3 heteroatoms. The highest BCUT2D eigenvalue weighted by Crippen LogP contribution is 2.31. The van der Waals surface area contributed by atoms with Crippen LogP contribution in [-0.2, 0) is 0 Å². The molecular weight excluding hydrogens is 222 g/mol. The van der Waals surface area contributed by atoms with Crippen LogP contribution < -0.4 is 5.32 Å². The Morgan fingerprint density at radius 3 is 2.83 bits per heavy atom. The lowest BCUT2D eigenvalue weighted by Crippen LogP contribution is -2.17. The summed E-state index contributed by atoms with van der Waals surface area (Å²) in [6.45, 7) is 7.17. The van der Waals surface area contributed by atoms with Crippen LogP contribution in [0.15, 0.2) is 6.07 Å². The van der Waals surface area contributed by atoms with Gasteiger partial charge < -0.3 is 5.32 Å². The molecule has 1 saturated carbocycles. The minimum atomic E-state index is 0.686. The summed E-state index contributed by atoms with van der Waals surface area (Å²) in [4.78, 5) is 4.34. The monoisotopic (exact) mass is 243 g/mol. The van der Waals surface area contributed by atoms with Gasteiger partial charge in [0, 0.05) is 12.2 Å². The Hall–Kier alpha value is -1.56. The SMILES string of the molecule is Cc1cc(NCC2CCCC2C)c(C#N)c(C)n1. The molecule has 1 fully saturated rings. The maximum Gasteiger partial charge on any atom is 0.103 e. The Kier molecular flexibility index (Phi) is 3.86. The fourth-order valence-electron chi connectivity index (χ4n) is 2.88. The first kappa shape index (κ1) is 12.9.